The molecule has 0 radical (unpaired) electrons. The van der Waals surface area contributed by atoms with Crippen LogP contribution in [-0.4, -0.2) is 19.5 Å². The summed E-state index contributed by atoms with van der Waals surface area (Å²) in [6.07, 6.45) is 0. The Balaban J connectivity index is 1.30. The Bertz CT molecular complexity index is 2460. The number of hydrogen-bond acceptors (Lipinski definition) is 4. The molecule has 0 aliphatic heterocycles. The molecule has 0 saturated heterocycles. The van der Waals surface area contributed by atoms with Crippen molar-refractivity contribution in [1.29, 1.82) is 0 Å². The normalized spacial score (nSPS) is 11.5. The second-order valence-electron chi connectivity index (χ2n) is 11.3. The number of benzene rings is 6. The van der Waals surface area contributed by atoms with E-state index < -0.39 is 0 Å². The zero-order valence-corrected chi connectivity index (χ0v) is 25.5. The van der Waals surface area contributed by atoms with Gasteiger partial charge in [-0.05, 0) is 35.4 Å². The van der Waals surface area contributed by atoms with E-state index in [2.05, 4.69) is 102 Å². The molecule has 3 heterocycles. The first-order chi connectivity index (χ1) is 22.8. The minimum absolute atomic E-state index is 0.647. The summed E-state index contributed by atoms with van der Waals surface area (Å²) in [5, 5.41) is 2.47. The molecule has 5 heteroatoms. The average Bonchev–Trinajstić information content (AvgIpc) is 3.67. The molecular weight excluding hydrogens is 581 g/mol. The van der Waals surface area contributed by atoms with E-state index in [0.29, 0.717) is 17.5 Å². The predicted molar refractivity (Wildman–Crippen MR) is 191 cm³/mol. The Morgan fingerprint density at radius 3 is 1.65 bits per heavy atom. The van der Waals surface area contributed by atoms with Gasteiger partial charge < -0.3 is 4.57 Å². The molecule has 46 heavy (non-hydrogen) atoms. The molecule has 0 atom stereocenters. The van der Waals surface area contributed by atoms with E-state index in [4.69, 9.17) is 15.0 Å². The number of aromatic nitrogens is 4. The van der Waals surface area contributed by atoms with Gasteiger partial charge in [0.15, 0.2) is 17.5 Å². The zero-order chi connectivity index (χ0) is 30.5. The van der Waals surface area contributed by atoms with E-state index in [9.17, 15) is 0 Å². The van der Waals surface area contributed by atoms with Gasteiger partial charge >= 0.3 is 0 Å². The summed E-state index contributed by atoms with van der Waals surface area (Å²) in [7, 11) is 0. The molecule has 0 fully saturated rings. The molecule has 3 aromatic heterocycles. The van der Waals surface area contributed by atoms with E-state index in [1.165, 1.54) is 36.8 Å². The van der Waals surface area contributed by atoms with Crippen LogP contribution in [0.1, 0.15) is 0 Å². The molecule has 0 spiro atoms. The van der Waals surface area contributed by atoms with Crippen molar-refractivity contribution in [2.24, 2.45) is 0 Å². The van der Waals surface area contributed by atoms with Gasteiger partial charge in [0.25, 0.3) is 0 Å². The van der Waals surface area contributed by atoms with Crippen molar-refractivity contribution in [1.82, 2.24) is 19.5 Å². The van der Waals surface area contributed by atoms with E-state index in [0.717, 1.165) is 27.9 Å². The molecule has 0 aliphatic carbocycles. The van der Waals surface area contributed by atoms with Crippen LogP contribution in [0.2, 0.25) is 0 Å². The second kappa shape index (κ2) is 10.9. The molecule has 4 nitrogen and oxygen atoms in total. The number of thiophene rings is 1. The van der Waals surface area contributed by atoms with Gasteiger partial charge in [0.2, 0.25) is 0 Å². The van der Waals surface area contributed by atoms with Crippen LogP contribution >= 0.6 is 11.3 Å². The first kappa shape index (κ1) is 26.5. The largest absolute Gasteiger partial charge is 0.308 e. The second-order valence-corrected chi connectivity index (χ2v) is 12.4. The van der Waals surface area contributed by atoms with Crippen molar-refractivity contribution < 1.29 is 0 Å². The molecule has 9 rings (SSSR count). The van der Waals surface area contributed by atoms with Gasteiger partial charge in [0, 0.05) is 37.9 Å². The van der Waals surface area contributed by atoms with Crippen molar-refractivity contribution in [2.45, 2.75) is 0 Å². The third kappa shape index (κ3) is 4.48. The molecule has 0 bridgehead atoms. The molecule has 9 aromatic rings. The third-order valence-corrected chi connectivity index (χ3v) is 9.64. The van der Waals surface area contributed by atoms with Crippen molar-refractivity contribution in [2.75, 3.05) is 0 Å². The van der Waals surface area contributed by atoms with Gasteiger partial charge in [-0.1, -0.05) is 133 Å². The summed E-state index contributed by atoms with van der Waals surface area (Å²) in [5.41, 5.74) is 8.70. The SMILES string of the molecule is c1ccc(-c2cccc(-n3c4cc(-c5nc(-c6ccccc6)nc(-c6ccccc6)n5)ccc4c4sc5ccccc5c43)c2)cc1. The molecule has 0 saturated carbocycles. The van der Waals surface area contributed by atoms with Crippen LogP contribution in [0.15, 0.2) is 158 Å². The topological polar surface area (TPSA) is 43.6 Å². The Labute approximate surface area is 269 Å². The van der Waals surface area contributed by atoms with Gasteiger partial charge in [0.05, 0.1) is 15.7 Å². The molecule has 6 aromatic carbocycles. The minimum Gasteiger partial charge on any atom is -0.308 e. The summed E-state index contributed by atoms with van der Waals surface area (Å²) in [6.45, 7) is 0. The summed E-state index contributed by atoms with van der Waals surface area (Å²) in [4.78, 5) is 15.0. The summed E-state index contributed by atoms with van der Waals surface area (Å²) < 4.78 is 4.97. The summed E-state index contributed by atoms with van der Waals surface area (Å²) in [6, 6.07) is 54.9. The molecular formula is C41H26N4S. The fourth-order valence-corrected chi connectivity index (χ4v) is 7.49. The minimum atomic E-state index is 0.647. The Kier molecular flexibility index (Phi) is 6.28. The lowest BCUT2D eigenvalue weighted by molar-refractivity contribution is 1.07. The van der Waals surface area contributed by atoms with Crippen molar-refractivity contribution in [3.8, 4) is 51.0 Å². The highest BCUT2D eigenvalue weighted by molar-refractivity contribution is 7.26. The lowest BCUT2D eigenvalue weighted by Gasteiger charge is -2.12. The third-order valence-electron chi connectivity index (χ3n) is 8.45. The van der Waals surface area contributed by atoms with Crippen LogP contribution in [0.3, 0.4) is 0 Å². The van der Waals surface area contributed by atoms with Crippen LogP contribution in [0, 0.1) is 0 Å². The fraction of sp³-hybridized carbons (Fsp3) is 0. The highest BCUT2D eigenvalue weighted by atomic mass is 32.1. The number of fused-ring (bicyclic) bond motifs is 5. The highest BCUT2D eigenvalue weighted by Gasteiger charge is 2.20. The van der Waals surface area contributed by atoms with Gasteiger partial charge in [-0.15, -0.1) is 11.3 Å². The standard InChI is InChI=1S/C41H26N4S/c1-4-13-27(14-5-1)30-19-12-20-32(25-30)45-35-26-31(23-24-33(35)38-37(45)34-21-10-11-22-36(34)46-38)41-43-39(28-15-6-2-7-16-28)42-40(44-41)29-17-8-3-9-18-29/h1-26H. The quantitative estimate of drug-likeness (QED) is 0.196. The van der Waals surface area contributed by atoms with Crippen LogP contribution in [0.25, 0.3) is 82.2 Å². The lowest BCUT2D eigenvalue weighted by atomic mass is 10.1. The van der Waals surface area contributed by atoms with Gasteiger partial charge in [-0.3, -0.25) is 0 Å². The van der Waals surface area contributed by atoms with Crippen LogP contribution < -0.4 is 0 Å². The van der Waals surface area contributed by atoms with E-state index in [1.807, 2.05) is 72.0 Å². The maximum atomic E-state index is 5.03. The molecule has 0 N–H and O–H groups in total. The van der Waals surface area contributed by atoms with Gasteiger partial charge in [-0.25, -0.2) is 15.0 Å². The molecule has 216 valence electrons. The Morgan fingerprint density at radius 1 is 0.413 bits per heavy atom. The highest BCUT2D eigenvalue weighted by Crippen LogP contribution is 2.43. The Morgan fingerprint density at radius 2 is 0.978 bits per heavy atom. The first-order valence-electron chi connectivity index (χ1n) is 15.3. The molecule has 0 amide bonds. The smallest absolute Gasteiger partial charge is 0.164 e. The molecule has 0 aliphatic rings. The van der Waals surface area contributed by atoms with Crippen LogP contribution in [-0.2, 0) is 0 Å². The summed E-state index contributed by atoms with van der Waals surface area (Å²) in [5.74, 6) is 1.96. The lowest BCUT2D eigenvalue weighted by Crippen LogP contribution is -2.00. The maximum Gasteiger partial charge on any atom is 0.164 e. The van der Waals surface area contributed by atoms with Crippen LogP contribution in [0.5, 0.6) is 0 Å². The van der Waals surface area contributed by atoms with E-state index in [-0.39, 0.29) is 0 Å². The van der Waals surface area contributed by atoms with E-state index >= 15 is 0 Å². The van der Waals surface area contributed by atoms with E-state index in [1.54, 1.807) is 0 Å². The van der Waals surface area contributed by atoms with Crippen molar-refractivity contribution in [3.63, 3.8) is 0 Å². The van der Waals surface area contributed by atoms with Gasteiger partial charge in [0.1, 0.15) is 0 Å². The van der Waals surface area contributed by atoms with Crippen molar-refractivity contribution >= 4 is 42.5 Å². The monoisotopic (exact) mass is 606 g/mol. The number of nitrogens with zero attached hydrogens (tertiary/aromatic N) is 4. The van der Waals surface area contributed by atoms with Crippen molar-refractivity contribution in [3.05, 3.63) is 158 Å². The first-order valence-corrected chi connectivity index (χ1v) is 16.1. The number of rotatable bonds is 5. The number of hydrogen-bond donors (Lipinski definition) is 0. The summed E-state index contributed by atoms with van der Waals surface area (Å²) >= 11 is 1.85. The fourth-order valence-electron chi connectivity index (χ4n) is 6.27. The maximum absolute atomic E-state index is 5.03. The van der Waals surface area contributed by atoms with Gasteiger partial charge in [-0.2, -0.15) is 0 Å². The van der Waals surface area contributed by atoms with Crippen LogP contribution in [0.4, 0.5) is 0 Å². The average molecular weight is 607 g/mol. The molecule has 0 unspecified atom stereocenters. The Hall–Kier alpha value is -5.91. The zero-order valence-electron chi connectivity index (χ0n) is 24.7. The predicted octanol–water partition coefficient (Wildman–Crippen LogP) is 10.9.